The van der Waals surface area contributed by atoms with Crippen LogP contribution in [0.15, 0.2) is 47.8 Å². The average Bonchev–Trinajstić information content (AvgIpc) is 3.23. The van der Waals surface area contributed by atoms with Crippen molar-refractivity contribution in [3.8, 4) is 0 Å². The van der Waals surface area contributed by atoms with Crippen LogP contribution < -0.4 is 0 Å². The lowest BCUT2D eigenvalue weighted by atomic mass is 9.75. The SMILES string of the molecule is CCOC(=O)C1(C(=O)OCC)CCON(Cc2ccccc2)[C@@H]1c1cccs1. The number of carbonyl (C=O) groups is 2. The molecule has 1 atom stereocenters. The van der Waals surface area contributed by atoms with E-state index in [2.05, 4.69) is 0 Å². The molecule has 1 fully saturated rings. The Bertz CT molecular complexity index is 759. The van der Waals surface area contributed by atoms with Gasteiger partial charge in [-0.15, -0.1) is 11.3 Å². The molecule has 0 saturated carbocycles. The fourth-order valence-corrected chi connectivity index (χ4v) is 4.46. The van der Waals surface area contributed by atoms with Crippen LogP contribution in [-0.2, 0) is 30.4 Å². The Morgan fingerprint density at radius 3 is 2.36 bits per heavy atom. The summed E-state index contributed by atoms with van der Waals surface area (Å²) in [6.45, 7) is 4.51. The van der Waals surface area contributed by atoms with Gasteiger partial charge in [-0.25, -0.2) is 0 Å². The normalized spacial score (nSPS) is 19.1. The lowest BCUT2D eigenvalue weighted by Gasteiger charge is -2.45. The minimum Gasteiger partial charge on any atom is -0.465 e. The zero-order valence-corrected chi connectivity index (χ0v) is 16.9. The van der Waals surface area contributed by atoms with E-state index >= 15 is 0 Å². The van der Waals surface area contributed by atoms with Crippen molar-refractivity contribution in [3.05, 3.63) is 58.3 Å². The van der Waals surface area contributed by atoms with Gasteiger partial charge in [0.05, 0.1) is 25.9 Å². The van der Waals surface area contributed by atoms with Crippen LogP contribution >= 0.6 is 11.3 Å². The van der Waals surface area contributed by atoms with E-state index in [-0.39, 0.29) is 26.2 Å². The van der Waals surface area contributed by atoms with E-state index in [1.165, 1.54) is 11.3 Å². The van der Waals surface area contributed by atoms with E-state index in [0.717, 1.165) is 10.4 Å². The van der Waals surface area contributed by atoms with Crippen molar-refractivity contribution < 1.29 is 23.9 Å². The highest BCUT2D eigenvalue weighted by molar-refractivity contribution is 7.10. The molecular weight excluding hydrogens is 378 g/mol. The number of hydroxylamine groups is 2. The van der Waals surface area contributed by atoms with Gasteiger partial charge in [0.25, 0.3) is 0 Å². The molecule has 6 nitrogen and oxygen atoms in total. The second-order valence-electron chi connectivity index (χ2n) is 6.47. The summed E-state index contributed by atoms with van der Waals surface area (Å²) in [6, 6.07) is 13.0. The molecule has 2 heterocycles. The Kier molecular flexibility index (Phi) is 6.83. The maximum atomic E-state index is 13.1. The van der Waals surface area contributed by atoms with Crippen LogP contribution in [0.1, 0.15) is 36.8 Å². The van der Waals surface area contributed by atoms with Crippen LogP contribution in [0.5, 0.6) is 0 Å². The molecular formula is C21H25NO5S. The largest absolute Gasteiger partial charge is 0.465 e. The third-order valence-corrected chi connectivity index (χ3v) is 5.71. The highest BCUT2D eigenvalue weighted by Crippen LogP contribution is 2.48. The first-order chi connectivity index (χ1) is 13.6. The van der Waals surface area contributed by atoms with Crippen molar-refractivity contribution in [3.63, 3.8) is 0 Å². The van der Waals surface area contributed by atoms with E-state index in [1.54, 1.807) is 18.9 Å². The van der Waals surface area contributed by atoms with E-state index in [4.69, 9.17) is 14.3 Å². The number of hydrogen-bond donors (Lipinski definition) is 0. The van der Waals surface area contributed by atoms with Gasteiger partial charge in [0.15, 0.2) is 5.41 Å². The van der Waals surface area contributed by atoms with Crippen LogP contribution in [0.4, 0.5) is 0 Å². The smallest absolute Gasteiger partial charge is 0.325 e. The van der Waals surface area contributed by atoms with Crippen LogP contribution in [0, 0.1) is 5.41 Å². The molecule has 0 N–H and O–H groups in total. The first-order valence-electron chi connectivity index (χ1n) is 9.44. The first kappa shape index (κ1) is 20.5. The zero-order chi connectivity index (χ0) is 20.0. The number of ether oxygens (including phenoxy) is 2. The third-order valence-electron chi connectivity index (χ3n) is 4.78. The summed E-state index contributed by atoms with van der Waals surface area (Å²) in [5.41, 5.74) is -0.447. The molecule has 7 heteroatoms. The Hall–Kier alpha value is -2.22. The fourth-order valence-electron chi connectivity index (χ4n) is 3.54. The molecule has 1 aliphatic heterocycles. The van der Waals surface area contributed by atoms with Crippen LogP contribution in [-0.4, -0.2) is 36.8 Å². The average molecular weight is 404 g/mol. The molecule has 1 aromatic heterocycles. The standard InChI is InChI=1S/C21H25NO5S/c1-3-25-19(23)21(20(24)26-4-2)12-13-27-22(15-16-9-6-5-7-10-16)18(21)17-11-8-14-28-17/h5-11,14,18H,3-4,12-13,15H2,1-2H3/t18-/m1/s1. The summed E-state index contributed by atoms with van der Waals surface area (Å²) in [6.07, 6.45) is 0.207. The number of thiophene rings is 1. The van der Waals surface area contributed by atoms with Gasteiger partial charge in [0.2, 0.25) is 0 Å². The molecule has 0 amide bonds. The Morgan fingerprint density at radius 1 is 1.11 bits per heavy atom. The molecule has 0 bridgehead atoms. The van der Waals surface area contributed by atoms with Crippen molar-refractivity contribution >= 4 is 23.3 Å². The number of benzene rings is 1. The van der Waals surface area contributed by atoms with E-state index in [9.17, 15) is 9.59 Å². The molecule has 3 rings (SSSR count). The third kappa shape index (κ3) is 3.97. The number of rotatable bonds is 7. The minimum atomic E-state index is -1.47. The zero-order valence-electron chi connectivity index (χ0n) is 16.1. The van der Waals surface area contributed by atoms with Crippen molar-refractivity contribution in [1.29, 1.82) is 0 Å². The van der Waals surface area contributed by atoms with Gasteiger partial charge >= 0.3 is 11.9 Å². The lowest BCUT2D eigenvalue weighted by Crippen LogP contribution is -2.56. The number of carbonyl (C=O) groups excluding carboxylic acids is 2. The summed E-state index contributed by atoms with van der Waals surface area (Å²) in [4.78, 5) is 33.1. The van der Waals surface area contributed by atoms with Crippen molar-refractivity contribution in [1.82, 2.24) is 5.06 Å². The topological polar surface area (TPSA) is 65.1 Å². The van der Waals surface area contributed by atoms with Gasteiger partial charge in [0, 0.05) is 17.8 Å². The van der Waals surface area contributed by atoms with Gasteiger partial charge in [-0.3, -0.25) is 14.4 Å². The van der Waals surface area contributed by atoms with Gasteiger partial charge in [0.1, 0.15) is 0 Å². The van der Waals surface area contributed by atoms with E-state index in [0.29, 0.717) is 6.54 Å². The molecule has 0 unspecified atom stereocenters. The summed E-state index contributed by atoms with van der Waals surface area (Å²) >= 11 is 1.48. The Morgan fingerprint density at radius 2 is 1.79 bits per heavy atom. The molecule has 1 aromatic carbocycles. The molecule has 0 aliphatic carbocycles. The quantitative estimate of drug-likeness (QED) is 0.518. The monoisotopic (exact) mass is 403 g/mol. The molecule has 150 valence electrons. The van der Waals surface area contributed by atoms with Crippen molar-refractivity contribution in [2.24, 2.45) is 5.41 Å². The molecule has 1 saturated heterocycles. The summed E-state index contributed by atoms with van der Waals surface area (Å²) < 4.78 is 10.7. The first-order valence-corrected chi connectivity index (χ1v) is 10.3. The molecule has 2 aromatic rings. The van der Waals surface area contributed by atoms with Crippen LogP contribution in [0.25, 0.3) is 0 Å². The maximum absolute atomic E-state index is 13.1. The predicted molar refractivity (Wildman–Crippen MR) is 105 cm³/mol. The summed E-state index contributed by atoms with van der Waals surface area (Å²) in [5, 5.41) is 3.64. The fraction of sp³-hybridized carbons (Fsp3) is 0.429. The van der Waals surface area contributed by atoms with Gasteiger partial charge in [-0.05, 0) is 30.9 Å². The molecule has 0 spiro atoms. The van der Waals surface area contributed by atoms with Crippen LogP contribution in [0.2, 0.25) is 0 Å². The van der Waals surface area contributed by atoms with E-state index < -0.39 is 23.4 Å². The molecule has 0 radical (unpaired) electrons. The van der Waals surface area contributed by atoms with E-state index in [1.807, 2.05) is 47.8 Å². The second-order valence-corrected chi connectivity index (χ2v) is 7.45. The predicted octanol–water partition coefficient (Wildman–Crippen LogP) is 3.74. The number of nitrogens with zero attached hydrogens (tertiary/aromatic N) is 1. The Labute approximate surface area is 169 Å². The number of hydrogen-bond acceptors (Lipinski definition) is 7. The Balaban J connectivity index is 2.06. The second kappa shape index (κ2) is 9.32. The molecule has 28 heavy (non-hydrogen) atoms. The van der Waals surface area contributed by atoms with Gasteiger partial charge in [-0.2, -0.15) is 5.06 Å². The van der Waals surface area contributed by atoms with Crippen molar-refractivity contribution in [2.45, 2.75) is 32.9 Å². The summed E-state index contributed by atoms with van der Waals surface area (Å²) in [5.74, 6) is -1.12. The maximum Gasteiger partial charge on any atom is 0.325 e. The lowest BCUT2D eigenvalue weighted by molar-refractivity contribution is -0.263. The number of esters is 2. The van der Waals surface area contributed by atoms with Gasteiger partial charge < -0.3 is 9.47 Å². The highest BCUT2D eigenvalue weighted by atomic mass is 32.1. The van der Waals surface area contributed by atoms with Crippen LogP contribution in [0.3, 0.4) is 0 Å². The highest BCUT2D eigenvalue weighted by Gasteiger charge is 2.60. The van der Waals surface area contributed by atoms with Crippen molar-refractivity contribution in [2.75, 3.05) is 19.8 Å². The summed E-state index contributed by atoms with van der Waals surface area (Å²) in [7, 11) is 0. The van der Waals surface area contributed by atoms with Gasteiger partial charge in [-0.1, -0.05) is 36.4 Å². The molecule has 1 aliphatic rings. The minimum absolute atomic E-state index is 0.191.